The first-order chi connectivity index (χ1) is 15.8. The number of nitrogens with one attached hydrogen (secondary N) is 2. The Hall–Kier alpha value is -2.89. The molecule has 1 aromatic heterocycles. The van der Waals surface area contributed by atoms with Gasteiger partial charge in [0, 0.05) is 19.6 Å². The van der Waals surface area contributed by atoms with Gasteiger partial charge in [0.05, 0.1) is 28.3 Å². The van der Waals surface area contributed by atoms with Gasteiger partial charge >= 0.3 is 5.97 Å². The minimum atomic E-state index is -3.70. The molecule has 0 radical (unpaired) electrons. The van der Waals surface area contributed by atoms with Crippen molar-refractivity contribution in [1.29, 1.82) is 0 Å². The molecule has 3 rings (SSSR count). The third kappa shape index (κ3) is 6.80. The molecule has 1 fully saturated rings. The van der Waals surface area contributed by atoms with E-state index in [1.54, 1.807) is 6.07 Å². The lowest BCUT2D eigenvalue weighted by Crippen LogP contribution is -2.35. The number of amides is 2. The Bertz CT molecular complexity index is 1100. The summed E-state index contributed by atoms with van der Waals surface area (Å²) in [6.45, 7) is 0.307. The van der Waals surface area contributed by atoms with Crippen LogP contribution < -0.4 is 10.6 Å². The molecule has 0 bridgehead atoms. The van der Waals surface area contributed by atoms with Crippen molar-refractivity contribution in [3.8, 4) is 0 Å². The van der Waals surface area contributed by atoms with Crippen molar-refractivity contribution in [3.05, 3.63) is 47.4 Å². The largest absolute Gasteiger partial charge is 0.459 e. The molecule has 0 unspecified atom stereocenters. The number of carbonyl (C=O) groups excluding carboxylic acids is 3. The van der Waals surface area contributed by atoms with E-state index in [1.165, 1.54) is 34.8 Å². The van der Waals surface area contributed by atoms with Crippen molar-refractivity contribution >= 4 is 45.1 Å². The lowest BCUT2D eigenvalue weighted by molar-refractivity contribution is -0.147. The summed E-state index contributed by atoms with van der Waals surface area (Å²) in [5, 5.41) is 5.09. The van der Waals surface area contributed by atoms with E-state index in [-0.39, 0.29) is 34.3 Å². The van der Waals surface area contributed by atoms with Crippen LogP contribution in [-0.2, 0) is 24.3 Å². The Balaban J connectivity index is 1.49. The number of carbonyl (C=O) groups is 3. The molecule has 2 amide bonds. The number of nitrogens with zero attached hydrogens (tertiary/aromatic N) is 1. The van der Waals surface area contributed by atoms with Gasteiger partial charge in [0.2, 0.25) is 10.0 Å². The van der Waals surface area contributed by atoms with Gasteiger partial charge in [-0.2, -0.15) is 4.31 Å². The van der Waals surface area contributed by atoms with Crippen LogP contribution in [0.25, 0.3) is 0 Å². The second kappa shape index (κ2) is 11.3. The number of hydrogen-bond acceptors (Lipinski definition) is 7. The maximum Gasteiger partial charge on any atom is 0.308 e. The van der Waals surface area contributed by atoms with Crippen LogP contribution in [0.15, 0.2) is 45.9 Å². The summed E-state index contributed by atoms with van der Waals surface area (Å²) in [5.41, 5.74) is 0.0986. The Labute approximate surface area is 196 Å². The molecule has 33 heavy (non-hydrogen) atoms. The van der Waals surface area contributed by atoms with Crippen LogP contribution in [0, 0.1) is 0 Å². The molecule has 1 aliphatic rings. The minimum absolute atomic E-state index is 0.00220. The number of ether oxygens (including phenoxy) is 1. The molecule has 10 nitrogen and oxygen atoms in total. The van der Waals surface area contributed by atoms with E-state index in [9.17, 15) is 22.8 Å². The minimum Gasteiger partial charge on any atom is -0.459 e. The second-order valence-corrected chi connectivity index (χ2v) is 9.64. The highest BCUT2D eigenvalue weighted by Gasteiger charge is 2.26. The van der Waals surface area contributed by atoms with Crippen LogP contribution in [-0.4, -0.2) is 56.7 Å². The molecule has 12 heteroatoms. The van der Waals surface area contributed by atoms with Crippen molar-refractivity contribution in [2.75, 3.05) is 31.6 Å². The van der Waals surface area contributed by atoms with E-state index < -0.39 is 34.4 Å². The number of benzene rings is 1. The van der Waals surface area contributed by atoms with E-state index in [4.69, 9.17) is 20.8 Å². The number of piperidine rings is 1. The molecule has 1 aromatic carbocycles. The molecule has 178 valence electrons. The molecule has 2 heterocycles. The van der Waals surface area contributed by atoms with Gasteiger partial charge in [0.1, 0.15) is 0 Å². The van der Waals surface area contributed by atoms with Crippen molar-refractivity contribution in [2.45, 2.75) is 30.6 Å². The standard InChI is InChI=1S/C21H24ClN3O7S/c22-16-7-6-15(33(29,30)25-10-2-1-3-11-25)13-17(16)24-19(26)14-32-20(27)8-9-23-21(28)18-5-4-12-31-18/h4-7,12-13H,1-3,8-11,14H2,(H,23,28)(H,24,26). The average molecular weight is 498 g/mol. The number of anilines is 1. The average Bonchev–Trinajstić information content (AvgIpc) is 3.35. The Morgan fingerprint density at radius 1 is 1.12 bits per heavy atom. The lowest BCUT2D eigenvalue weighted by atomic mass is 10.2. The van der Waals surface area contributed by atoms with Gasteiger partial charge in [-0.05, 0) is 43.2 Å². The maximum atomic E-state index is 12.8. The third-order valence-corrected chi connectivity index (χ3v) is 7.11. The van der Waals surface area contributed by atoms with Gasteiger partial charge < -0.3 is 19.8 Å². The van der Waals surface area contributed by atoms with E-state index in [1.807, 2.05) is 0 Å². The topological polar surface area (TPSA) is 135 Å². The van der Waals surface area contributed by atoms with Crippen molar-refractivity contribution in [2.24, 2.45) is 0 Å². The number of rotatable bonds is 9. The quantitative estimate of drug-likeness (QED) is 0.508. The first-order valence-electron chi connectivity index (χ1n) is 10.3. The monoisotopic (exact) mass is 497 g/mol. The molecular formula is C21H24ClN3O7S. The summed E-state index contributed by atoms with van der Waals surface area (Å²) in [6.07, 6.45) is 3.79. The molecule has 0 saturated carbocycles. The van der Waals surface area contributed by atoms with Crippen molar-refractivity contribution < 1.29 is 32.0 Å². The number of halogens is 1. The van der Waals surface area contributed by atoms with Crippen LogP contribution in [0.2, 0.25) is 5.02 Å². The lowest BCUT2D eigenvalue weighted by Gasteiger charge is -2.26. The zero-order valence-corrected chi connectivity index (χ0v) is 19.3. The maximum absolute atomic E-state index is 12.8. The smallest absolute Gasteiger partial charge is 0.308 e. The van der Waals surface area contributed by atoms with Crippen LogP contribution in [0.4, 0.5) is 5.69 Å². The van der Waals surface area contributed by atoms with E-state index in [0.717, 1.165) is 19.3 Å². The highest BCUT2D eigenvalue weighted by atomic mass is 35.5. The fourth-order valence-corrected chi connectivity index (χ4v) is 4.90. The molecule has 0 spiro atoms. The first kappa shape index (κ1) is 24.7. The van der Waals surface area contributed by atoms with Gasteiger partial charge in [-0.1, -0.05) is 18.0 Å². The number of sulfonamides is 1. The Kier molecular flexibility index (Phi) is 8.48. The highest BCUT2D eigenvalue weighted by Crippen LogP contribution is 2.28. The van der Waals surface area contributed by atoms with E-state index in [2.05, 4.69) is 10.6 Å². The summed E-state index contributed by atoms with van der Waals surface area (Å²) in [7, 11) is -3.70. The summed E-state index contributed by atoms with van der Waals surface area (Å²) in [6, 6.07) is 7.11. The van der Waals surface area contributed by atoms with Crippen molar-refractivity contribution in [3.63, 3.8) is 0 Å². The Morgan fingerprint density at radius 3 is 2.58 bits per heavy atom. The van der Waals surface area contributed by atoms with Gasteiger partial charge in [0.15, 0.2) is 12.4 Å². The fraction of sp³-hybridized carbons (Fsp3) is 0.381. The molecular weight excluding hydrogens is 474 g/mol. The van der Waals surface area contributed by atoms with Gasteiger partial charge in [-0.15, -0.1) is 0 Å². The zero-order chi connectivity index (χ0) is 23.8. The first-order valence-corrected chi connectivity index (χ1v) is 12.2. The fourth-order valence-electron chi connectivity index (χ4n) is 3.19. The Morgan fingerprint density at radius 2 is 1.88 bits per heavy atom. The predicted octanol–water partition coefficient (Wildman–Crippen LogP) is 2.41. The summed E-state index contributed by atoms with van der Waals surface area (Å²) in [4.78, 5) is 35.7. The van der Waals surface area contributed by atoms with E-state index >= 15 is 0 Å². The third-order valence-electron chi connectivity index (χ3n) is 4.89. The SMILES string of the molecule is O=C(COC(=O)CCNC(=O)c1ccco1)Nc1cc(S(=O)(=O)N2CCCCC2)ccc1Cl. The van der Waals surface area contributed by atoms with Crippen LogP contribution in [0.5, 0.6) is 0 Å². The van der Waals surface area contributed by atoms with Crippen LogP contribution >= 0.6 is 11.6 Å². The zero-order valence-electron chi connectivity index (χ0n) is 17.7. The molecule has 1 aliphatic heterocycles. The summed E-state index contributed by atoms with van der Waals surface area (Å²) < 4.78 is 36.9. The van der Waals surface area contributed by atoms with Crippen molar-refractivity contribution in [1.82, 2.24) is 9.62 Å². The number of hydrogen-bond donors (Lipinski definition) is 2. The summed E-state index contributed by atoms with van der Waals surface area (Å²) in [5.74, 6) is -1.74. The summed E-state index contributed by atoms with van der Waals surface area (Å²) >= 11 is 6.10. The van der Waals surface area contributed by atoms with Gasteiger partial charge in [-0.25, -0.2) is 8.42 Å². The molecule has 2 N–H and O–H groups in total. The molecule has 2 aromatic rings. The predicted molar refractivity (Wildman–Crippen MR) is 119 cm³/mol. The number of esters is 1. The van der Waals surface area contributed by atoms with Gasteiger partial charge in [0.25, 0.3) is 11.8 Å². The highest BCUT2D eigenvalue weighted by molar-refractivity contribution is 7.89. The van der Waals surface area contributed by atoms with Gasteiger partial charge in [-0.3, -0.25) is 14.4 Å². The molecule has 0 aliphatic carbocycles. The van der Waals surface area contributed by atoms with Crippen LogP contribution in [0.3, 0.4) is 0 Å². The van der Waals surface area contributed by atoms with Crippen LogP contribution in [0.1, 0.15) is 36.2 Å². The normalized spacial score (nSPS) is 14.5. The molecule has 0 atom stereocenters. The number of furan rings is 1. The van der Waals surface area contributed by atoms with E-state index in [0.29, 0.717) is 13.1 Å². The second-order valence-electron chi connectivity index (χ2n) is 7.30. The molecule has 1 saturated heterocycles.